The van der Waals surface area contributed by atoms with Crippen molar-refractivity contribution in [1.82, 2.24) is 9.88 Å². The molecule has 1 N–H and O–H groups in total. The van der Waals surface area contributed by atoms with Gasteiger partial charge in [0.25, 0.3) is 5.56 Å². The maximum atomic E-state index is 13.8. The summed E-state index contributed by atoms with van der Waals surface area (Å²) in [7, 11) is 0. The monoisotopic (exact) mass is 397 g/mol. The average Bonchev–Trinajstić information content (AvgIpc) is 2.72. The van der Waals surface area contributed by atoms with Gasteiger partial charge in [-0.3, -0.25) is 9.59 Å². The molecule has 1 aliphatic heterocycles. The third-order valence-electron chi connectivity index (χ3n) is 5.29. The highest BCUT2D eigenvalue weighted by Gasteiger charge is 2.21. The lowest BCUT2D eigenvalue weighted by Gasteiger charge is -2.36. The lowest BCUT2D eigenvalue weighted by molar-refractivity contribution is -0.131. The van der Waals surface area contributed by atoms with Crippen molar-refractivity contribution in [2.75, 3.05) is 31.1 Å². The Morgan fingerprint density at radius 3 is 2.52 bits per heavy atom. The number of nitrogens with one attached hydrogen (secondary N) is 1. The van der Waals surface area contributed by atoms with Gasteiger partial charge in [0.1, 0.15) is 11.6 Å². The highest BCUT2D eigenvalue weighted by atomic mass is 19.1. The van der Waals surface area contributed by atoms with Crippen LogP contribution in [0.25, 0.3) is 10.8 Å². The number of hydrogen-bond donors (Lipinski definition) is 1. The predicted octanol–water partition coefficient (Wildman–Crippen LogP) is 3.09. The minimum atomic E-state index is -0.553. The Hall–Kier alpha value is -3.22. The van der Waals surface area contributed by atoms with Crippen LogP contribution in [0.2, 0.25) is 0 Å². The summed E-state index contributed by atoms with van der Waals surface area (Å²) in [5.74, 6) is -0.822. The molecule has 1 amide bonds. The van der Waals surface area contributed by atoms with Gasteiger partial charge in [0, 0.05) is 44.0 Å². The second kappa shape index (κ2) is 8.03. The third-order valence-corrected chi connectivity index (χ3v) is 5.29. The number of amides is 1. The minimum Gasteiger partial charge on any atom is -0.368 e. The van der Waals surface area contributed by atoms with Crippen molar-refractivity contribution >= 4 is 22.4 Å². The molecule has 1 saturated heterocycles. The van der Waals surface area contributed by atoms with Crippen LogP contribution in [0.15, 0.2) is 53.3 Å². The summed E-state index contributed by atoms with van der Waals surface area (Å²) in [5.41, 5.74) is 0.949. The number of piperazine rings is 1. The Morgan fingerprint density at radius 1 is 1.00 bits per heavy atom. The van der Waals surface area contributed by atoms with Gasteiger partial charge in [0.15, 0.2) is 0 Å². The summed E-state index contributed by atoms with van der Waals surface area (Å²) in [6.45, 7) is 2.41. The summed E-state index contributed by atoms with van der Waals surface area (Å²) in [6.07, 6.45) is 0.640. The molecule has 7 heteroatoms. The van der Waals surface area contributed by atoms with Crippen LogP contribution in [0.5, 0.6) is 0 Å². The van der Waals surface area contributed by atoms with E-state index in [9.17, 15) is 18.4 Å². The van der Waals surface area contributed by atoms with E-state index in [1.165, 1.54) is 18.2 Å². The van der Waals surface area contributed by atoms with Crippen molar-refractivity contribution in [1.29, 1.82) is 0 Å². The SMILES string of the molecule is O=C(CCc1cc2cccc(F)c2c(=O)[nH]1)N1CCN(c2cccc(F)c2)CC1. The van der Waals surface area contributed by atoms with Gasteiger partial charge in [0.2, 0.25) is 5.91 Å². The highest BCUT2D eigenvalue weighted by molar-refractivity contribution is 5.82. The topological polar surface area (TPSA) is 56.4 Å². The number of H-pyrrole nitrogens is 1. The van der Waals surface area contributed by atoms with E-state index in [2.05, 4.69) is 9.88 Å². The number of aryl methyl sites for hydroxylation is 1. The highest BCUT2D eigenvalue weighted by Crippen LogP contribution is 2.18. The fourth-order valence-electron chi connectivity index (χ4n) is 3.75. The fraction of sp³-hybridized carbons (Fsp3) is 0.273. The van der Waals surface area contributed by atoms with Crippen LogP contribution in [0.4, 0.5) is 14.5 Å². The van der Waals surface area contributed by atoms with E-state index >= 15 is 0 Å². The first kappa shape index (κ1) is 19.1. The Kier molecular flexibility index (Phi) is 5.29. The van der Waals surface area contributed by atoms with Crippen molar-refractivity contribution in [3.05, 3.63) is 76.2 Å². The summed E-state index contributed by atoms with van der Waals surface area (Å²) in [4.78, 5) is 31.2. The number of rotatable bonds is 4. The molecule has 1 aliphatic rings. The molecule has 5 nitrogen and oxygen atoms in total. The lowest BCUT2D eigenvalue weighted by Crippen LogP contribution is -2.48. The zero-order valence-corrected chi connectivity index (χ0v) is 15.8. The van der Waals surface area contributed by atoms with E-state index in [0.29, 0.717) is 43.7 Å². The molecule has 0 bridgehead atoms. The van der Waals surface area contributed by atoms with E-state index in [1.807, 2.05) is 6.07 Å². The number of fused-ring (bicyclic) bond motifs is 1. The van der Waals surface area contributed by atoms with Crippen LogP contribution < -0.4 is 10.5 Å². The van der Waals surface area contributed by atoms with Crippen LogP contribution >= 0.6 is 0 Å². The molecule has 150 valence electrons. The van der Waals surface area contributed by atoms with Gasteiger partial charge in [-0.2, -0.15) is 0 Å². The van der Waals surface area contributed by atoms with Gasteiger partial charge in [-0.1, -0.05) is 18.2 Å². The smallest absolute Gasteiger partial charge is 0.258 e. The second-order valence-corrected chi connectivity index (χ2v) is 7.18. The number of aromatic amines is 1. The number of pyridine rings is 1. The number of aromatic nitrogens is 1. The van der Waals surface area contributed by atoms with Crippen molar-refractivity contribution < 1.29 is 13.6 Å². The molecular weight excluding hydrogens is 376 g/mol. The summed E-state index contributed by atoms with van der Waals surface area (Å²) in [5, 5.41) is 0.566. The molecule has 0 unspecified atom stereocenters. The van der Waals surface area contributed by atoms with Crippen molar-refractivity contribution in [2.45, 2.75) is 12.8 Å². The molecule has 1 fully saturated rings. The molecule has 3 aromatic rings. The van der Waals surface area contributed by atoms with E-state index in [4.69, 9.17) is 0 Å². The molecule has 1 aromatic heterocycles. The summed E-state index contributed by atoms with van der Waals surface area (Å²) in [6, 6.07) is 12.7. The summed E-state index contributed by atoms with van der Waals surface area (Å²) >= 11 is 0. The number of halogens is 2. The maximum absolute atomic E-state index is 13.8. The van der Waals surface area contributed by atoms with Crippen LogP contribution in [-0.4, -0.2) is 42.0 Å². The number of hydrogen-bond acceptors (Lipinski definition) is 3. The van der Waals surface area contributed by atoms with Gasteiger partial charge in [-0.05, 0) is 42.1 Å². The Labute approximate surface area is 166 Å². The van der Waals surface area contributed by atoms with Gasteiger partial charge in [-0.15, -0.1) is 0 Å². The zero-order valence-electron chi connectivity index (χ0n) is 15.8. The van der Waals surface area contributed by atoms with Crippen LogP contribution in [-0.2, 0) is 11.2 Å². The number of carbonyl (C=O) groups is 1. The Morgan fingerprint density at radius 2 is 1.76 bits per heavy atom. The maximum Gasteiger partial charge on any atom is 0.258 e. The van der Waals surface area contributed by atoms with Crippen LogP contribution in [0.1, 0.15) is 12.1 Å². The number of carbonyl (C=O) groups excluding carboxylic acids is 1. The third kappa shape index (κ3) is 4.13. The van der Waals surface area contributed by atoms with E-state index in [1.54, 1.807) is 29.2 Å². The Balaban J connectivity index is 1.36. The number of benzene rings is 2. The predicted molar refractivity (Wildman–Crippen MR) is 108 cm³/mol. The van der Waals surface area contributed by atoms with Crippen molar-refractivity contribution in [3.63, 3.8) is 0 Å². The molecule has 0 radical (unpaired) electrons. The average molecular weight is 397 g/mol. The fourth-order valence-corrected chi connectivity index (χ4v) is 3.75. The van der Waals surface area contributed by atoms with Gasteiger partial charge < -0.3 is 14.8 Å². The molecule has 0 spiro atoms. The quantitative estimate of drug-likeness (QED) is 0.736. The lowest BCUT2D eigenvalue weighted by atomic mass is 10.1. The van der Waals surface area contributed by atoms with Crippen molar-refractivity contribution in [3.8, 4) is 0 Å². The standard InChI is InChI=1S/C22H21F2N3O2/c23-16-4-2-5-18(14-16)26-9-11-27(12-10-26)20(28)8-7-17-13-15-3-1-6-19(24)21(15)22(29)25-17/h1-6,13-14H,7-12H2,(H,25,29). The number of anilines is 1. The summed E-state index contributed by atoms with van der Waals surface area (Å²) < 4.78 is 27.2. The van der Waals surface area contributed by atoms with Crippen LogP contribution in [0, 0.1) is 11.6 Å². The Bertz CT molecular complexity index is 1100. The minimum absolute atomic E-state index is 0.00378. The van der Waals surface area contributed by atoms with E-state index < -0.39 is 11.4 Å². The normalized spacial score (nSPS) is 14.4. The van der Waals surface area contributed by atoms with Crippen molar-refractivity contribution in [2.24, 2.45) is 0 Å². The van der Waals surface area contributed by atoms with Gasteiger partial charge in [0.05, 0.1) is 5.39 Å². The van der Waals surface area contributed by atoms with E-state index in [0.717, 1.165) is 5.69 Å². The first-order valence-electron chi connectivity index (χ1n) is 9.60. The first-order valence-corrected chi connectivity index (χ1v) is 9.60. The van der Waals surface area contributed by atoms with E-state index in [-0.39, 0.29) is 23.5 Å². The molecular formula is C22H21F2N3O2. The molecule has 0 aliphatic carbocycles. The first-order chi connectivity index (χ1) is 14.0. The molecule has 4 rings (SSSR count). The number of nitrogens with zero attached hydrogens (tertiary/aromatic N) is 2. The molecule has 2 aromatic carbocycles. The zero-order chi connectivity index (χ0) is 20.4. The molecule has 2 heterocycles. The van der Waals surface area contributed by atoms with Gasteiger partial charge in [-0.25, -0.2) is 8.78 Å². The molecule has 0 atom stereocenters. The van der Waals surface area contributed by atoms with Crippen LogP contribution in [0.3, 0.4) is 0 Å². The van der Waals surface area contributed by atoms with Gasteiger partial charge >= 0.3 is 0 Å². The molecule has 29 heavy (non-hydrogen) atoms. The second-order valence-electron chi connectivity index (χ2n) is 7.18. The molecule has 0 saturated carbocycles. The largest absolute Gasteiger partial charge is 0.368 e.